The number of anilines is 1. The first-order valence-corrected chi connectivity index (χ1v) is 10.7. The van der Waals surface area contributed by atoms with Gasteiger partial charge in [0.25, 0.3) is 0 Å². The summed E-state index contributed by atoms with van der Waals surface area (Å²) < 4.78 is 5.82. The van der Waals surface area contributed by atoms with Gasteiger partial charge in [-0.1, -0.05) is 18.2 Å². The maximum Gasteiger partial charge on any atom is 0.312 e. The lowest BCUT2D eigenvalue weighted by atomic mass is 9.76. The minimum atomic E-state index is -0.272. The number of nitrogens with zero attached hydrogens (tertiary/aromatic N) is 3. The standard InChI is InChI=1S/C23H29N3O2/c1-17-14-18-6-2-3-7-20(18)24-21(17)26-12-8-23(9-13-26)15-19(28-22(23)27)16-25-10-4-5-11-25/h2-3,6-7,14,19H,4-5,8-13,15-16H2,1H3. The number of carbonyl (C=O) groups is 1. The zero-order chi connectivity index (χ0) is 19.1. The summed E-state index contributed by atoms with van der Waals surface area (Å²) >= 11 is 0. The molecule has 1 spiro atoms. The largest absolute Gasteiger partial charge is 0.461 e. The second kappa shape index (κ2) is 7.03. The Kier molecular flexibility index (Phi) is 4.50. The quantitative estimate of drug-likeness (QED) is 0.764. The number of aromatic nitrogens is 1. The van der Waals surface area contributed by atoms with Crippen molar-refractivity contribution in [1.82, 2.24) is 9.88 Å². The van der Waals surface area contributed by atoms with Crippen LogP contribution in [0.25, 0.3) is 10.9 Å². The lowest BCUT2D eigenvalue weighted by Gasteiger charge is -2.37. The zero-order valence-corrected chi connectivity index (χ0v) is 16.7. The minimum absolute atomic E-state index is 0.0412. The molecule has 3 aliphatic heterocycles. The molecule has 1 unspecified atom stereocenters. The van der Waals surface area contributed by atoms with Crippen LogP contribution < -0.4 is 4.90 Å². The van der Waals surface area contributed by atoms with Crippen LogP contribution in [0.3, 0.4) is 0 Å². The third kappa shape index (κ3) is 3.16. The van der Waals surface area contributed by atoms with Crippen LogP contribution in [0.5, 0.6) is 0 Å². The first kappa shape index (κ1) is 17.9. The van der Waals surface area contributed by atoms with E-state index in [1.54, 1.807) is 0 Å². The number of para-hydroxylation sites is 1. The maximum absolute atomic E-state index is 12.7. The first-order valence-electron chi connectivity index (χ1n) is 10.7. The molecule has 0 saturated carbocycles. The van der Waals surface area contributed by atoms with E-state index in [2.05, 4.69) is 41.0 Å². The molecule has 3 fully saturated rings. The highest BCUT2D eigenvalue weighted by atomic mass is 16.6. The van der Waals surface area contributed by atoms with Crippen molar-refractivity contribution in [3.63, 3.8) is 0 Å². The number of carbonyl (C=O) groups excluding carboxylic acids is 1. The molecule has 3 aliphatic rings. The van der Waals surface area contributed by atoms with Gasteiger partial charge in [0, 0.05) is 31.4 Å². The summed E-state index contributed by atoms with van der Waals surface area (Å²) in [5, 5.41) is 1.18. The van der Waals surface area contributed by atoms with Gasteiger partial charge in [0.2, 0.25) is 0 Å². The number of cyclic esters (lactones) is 1. The fraction of sp³-hybridized carbons (Fsp3) is 0.565. The summed E-state index contributed by atoms with van der Waals surface area (Å²) in [6.45, 7) is 7.11. The van der Waals surface area contributed by atoms with Gasteiger partial charge in [-0.25, -0.2) is 4.98 Å². The summed E-state index contributed by atoms with van der Waals surface area (Å²) in [4.78, 5) is 22.5. The topological polar surface area (TPSA) is 45.7 Å². The zero-order valence-electron chi connectivity index (χ0n) is 16.7. The first-order chi connectivity index (χ1) is 13.6. The molecule has 5 rings (SSSR count). The predicted octanol–water partition coefficient (Wildman–Crippen LogP) is 3.54. The van der Waals surface area contributed by atoms with E-state index in [0.29, 0.717) is 0 Å². The second-order valence-corrected chi connectivity index (χ2v) is 8.83. The van der Waals surface area contributed by atoms with Crippen LogP contribution in [0.1, 0.15) is 37.7 Å². The lowest BCUT2D eigenvalue weighted by Crippen LogP contribution is -2.43. The van der Waals surface area contributed by atoms with Gasteiger partial charge in [0.05, 0.1) is 10.9 Å². The van der Waals surface area contributed by atoms with Crippen LogP contribution in [-0.4, -0.2) is 54.7 Å². The second-order valence-electron chi connectivity index (χ2n) is 8.83. The van der Waals surface area contributed by atoms with E-state index in [1.807, 2.05) is 6.07 Å². The number of rotatable bonds is 3. The molecule has 0 radical (unpaired) electrons. The van der Waals surface area contributed by atoms with Crippen molar-refractivity contribution < 1.29 is 9.53 Å². The molecule has 5 heteroatoms. The Hall–Kier alpha value is -2.14. The molecule has 148 valence electrons. The molecule has 2 aromatic rings. The van der Waals surface area contributed by atoms with Crippen molar-refractivity contribution in [2.75, 3.05) is 37.6 Å². The number of benzene rings is 1. The van der Waals surface area contributed by atoms with Gasteiger partial charge in [-0.05, 0) is 63.4 Å². The highest BCUT2D eigenvalue weighted by Gasteiger charge is 2.50. The number of esters is 1. The fourth-order valence-electron chi connectivity index (χ4n) is 5.28. The fourth-order valence-corrected chi connectivity index (χ4v) is 5.28. The number of likely N-dealkylation sites (tertiary alicyclic amines) is 1. The molecule has 0 amide bonds. The van der Waals surface area contributed by atoms with Gasteiger partial charge in [0.15, 0.2) is 0 Å². The van der Waals surface area contributed by atoms with E-state index >= 15 is 0 Å². The van der Waals surface area contributed by atoms with E-state index in [9.17, 15) is 4.79 Å². The number of hydrogen-bond acceptors (Lipinski definition) is 5. The van der Waals surface area contributed by atoms with Gasteiger partial charge in [0.1, 0.15) is 11.9 Å². The molecule has 28 heavy (non-hydrogen) atoms. The van der Waals surface area contributed by atoms with Gasteiger partial charge in [-0.2, -0.15) is 0 Å². The lowest BCUT2D eigenvalue weighted by molar-refractivity contribution is -0.150. The predicted molar refractivity (Wildman–Crippen MR) is 111 cm³/mol. The molecule has 0 aliphatic carbocycles. The summed E-state index contributed by atoms with van der Waals surface area (Å²) in [5.74, 6) is 1.10. The van der Waals surface area contributed by atoms with E-state index < -0.39 is 0 Å². The average molecular weight is 380 g/mol. The summed E-state index contributed by atoms with van der Waals surface area (Å²) in [7, 11) is 0. The van der Waals surface area contributed by atoms with Crippen molar-refractivity contribution >= 4 is 22.7 Å². The Balaban J connectivity index is 1.28. The number of hydrogen-bond donors (Lipinski definition) is 0. The van der Waals surface area contributed by atoms with Gasteiger partial charge >= 0.3 is 5.97 Å². The van der Waals surface area contributed by atoms with Crippen LogP contribution in [0, 0.1) is 12.3 Å². The highest BCUT2D eigenvalue weighted by Crippen LogP contribution is 2.44. The number of fused-ring (bicyclic) bond motifs is 1. The van der Waals surface area contributed by atoms with Crippen LogP contribution in [0.15, 0.2) is 30.3 Å². The van der Waals surface area contributed by atoms with Gasteiger partial charge in [-0.3, -0.25) is 9.69 Å². The average Bonchev–Trinajstić information content (AvgIpc) is 3.31. The number of pyridine rings is 1. The molecule has 5 nitrogen and oxygen atoms in total. The Labute approximate surface area is 166 Å². The molecule has 3 saturated heterocycles. The molecule has 1 aromatic heterocycles. The van der Waals surface area contributed by atoms with Crippen LogP contribution >= 0.6 is 0 Å². The number of piperidine rings is 1. The Morgan fingerprint density at radius 2 is 1.89 bits per heavy atom. The van der Waals surface area contributed by atoms with Crippen molar-refractivity contribution in [3.8, 4) is 0 Å². The Bertz CT molecular complexity index is 883. The Morgan fingerprint density at radius 1 is 1.14 bits per heavy atom. The van der Waals surface area contributed by atoms with Crippen LogP contribution in [0.4, 0.5) is 5.82 Å². The van der Waals surface area contributed by atoms with Crippen molar-refractivity contribution in [1.29, 1.82) is 0 Å². The SMILES string of the molecule is Cc1cc2ccccc2nc1N1CCC2(CC1)CC(CN1CCCC1)OC2=O. The van der Waals surface area contributed by atoms with Crippen molar-refractivity contribution in [3.05, 3.63) is 35.9 Å². The molecule has 1 atom stereocenters. The molecule has 1 aromatic carbocycles. The van der Waals surface area contributed by atoms with Gasteiger partial charge < -0.3 is 9.64 Å². The van der Waals surface area contributed by atoms with E-state index in [4.69, 9.17) is 9.72 Å². The summed E-state index contributed by atoms with van der Waals surface area (Å²) in [6, 6.07) is 10.5. The number of ether oxygens (including phenoxy) is 1. The van der Waals surface area contributed by atoms with Crippen molar-refractivity contribution in [2.45, 2.75) is 45.1 Å². The van der Waals surface area contributed by atoms with Gasteiger partial charge in [-0.15, -0.1) is 0 Å². The van der Waals surface area contributed by atoms with E-state index in [-0.39, 0.29) is 17.5 Å². The monoisotopic (exact) mass is 379 g/mol. The molecule has 4 heterocycles. The number of aryl methyl sites for hydroxylation is 1. The maximum atomic E-state index is 12.7. The minimum Gasteiger partial charge on any atom is -0.461 e. The molecule has 0 N–H and O–H groups in total. The summed E-state index contributed by atoms with van der Waals surface area (Å²) in [6.07, 6.45) is 5.27. The third-order valence-corrected chi connectivity index (χ3v) is 6.89. The van der Waals surface area contributed by atoms with Crippen molar-refractivity contribution in [2.24, 2.45) is 5.41 Å². The van der Waals surface area contributed by atoms with Crippen LogP contribution in [-0.2, 0) is 9.53 Å². The molecular weight excluding hydrogens is 350 g/mol. The summed E-state index contributed by atoms with van der Waals surface area (Å²) in [5.41, 5.74) is 1.97. The normalized spacial score (nSPS) is 25.0. The Morgan fingerprint density at radius 3 is 2.68 bits per heavy atom. The molecular formula is C23H29N3O2. The van der Waals surface area contributed by atoms with Crippen LogP contribution in [0.2, 0.25) is 0 Å². The highest BCUT2D eigenvalue weighted by molar-refractivity contribution is 5.82. The smallest absolute Gasteiger partial charge is 0.312 e. The molecule has 0 bridgehead atoms. The van der Waals surface area contributed by atoms with E-state index in [0.717, 1.165) is 63.3 Å². The third-order valence-electron chi connectivity index (χ3n) is 6.89. The van der Waals surface area contributed by atoms with E-state index in [1.165, 1.54) is 23.8 Å².